The molecule has 5 heteroatoms. The number of carbonyl (C=O) groups is 1. The zero-order valence-electron chi connectivity index (χ0n) is 10.1. The highest BCUT2D eigenvalue weighted by atomic mass is 16.1. The van der Waals surface area contributed by atoms with E-state index in [0.717, 1.165) is 5.69 Å². The van der Waals surface area contributed by atoms with Crippen LogP contribution in [0.4, 0.5) is 0 Å². The molecule has 1 rings (SSSR count). The predicted octanol–water partition coefficient (Wildman–Crippen LogP) is 0.975. The number of nitrogens with one attached hydrogen (secondary N) is 3. The van der Waals surface area contributed by atoms with Gasteiger partial charge < -0.3 is 10.6 Å². The van der Waals surface area contributed by atoms with Crippen molar-refractivity contribution in [2.75, 3.05) is 6.54 Å². The fourth-order valence-electron chi connectivity index (χ4n) is 1.41. The summed E-state index contributed by atoms with van der Waals surface area (Å²) in [6.07, 6.45) is 2.22. The normalized spacial score (nSPS) is 12.8. The van der Waals surface area contributed by atoms with Crippen LogP contribution >= 0.6 is 0 Å². The molecule has 0 saturated carbocycles. The Morgan fingerprint density at radius 2 is 2.25 bits per heavy atom. The molecule has 3 N–H and O–H groups in total. The van der Waals surface area contributed by atoms with Gasteiger partial charge in [-0.25, -0.2) is 0 Å². The molecule has 16 heavy (non-hydrogen) atoms. The number of rotatable bonds is 6. The van der Waals surface area contributed by atoms with E-state index in [4.69, 9.17) is 0 Å². The van der Waals surface area contributed by atoms with E-state index < -0.39 is 0 Å². The summed E-state index contributed by atoms with van der Waals surface area (Å²) in [5.74, 6) is 0.0827. The molecule has 0 radical (unpaired) electrons. The molecule has 1 heterocycles. The maximum absolute atomic E-state index is 11.4. The van der Waals surface area contributed by atoms with Crippen molar-refractivity contribution in [3.63, 3.8) is 0 Å². The van der Waals surface area contributed by atoms with Crippen molar-refractivity contribution < 1.29 is 4.79 Å². The topological polar surface area (TPSA) is 69.8 Å². The Balaban J connectivity index is 2.18. The van der Waals surface area contributed by atoms with Gasteiger partial charge in [0, 0.05) is 31.2 Å². The van der Waals surface area contributed by atoms with E-state index in [-0.39, 0.29) is 18.0 Å². The summed E-state index contributed by atoms with van der Waals surface area (Å²) in [7, 11) is 0. The van der Waals surface area contributed by atoms with Crippen molar-refractivity contribution in [3.8, 4) is 0 Å². The van der Waals surface area contributed by atoms with Gasteiger partial charge in [0.15, 0.2) is 0 Å². The van der Waals surface area contributed by atoms with Crippen molar-refractivity contribution in [3.05, 3.63) is 18.0 Å². The average molecular weight is 224 g/mol. The van der Waals surface area contributed by atoms with E-state index in [2.05, 4.69) is 20.8 Å². The largest absolute Gasteiger partial charge is 0.354 e. The van der Waals surface area contributed by atoms with Gasteiger partial charge in [-0.2, -0.15) is 5.10 Å². The molecule has 90 valence electrons. The summed E-state index contributed by atoms with van der Waals surface area (Å²) < 4.78 is 0. The number of hydrogen-bond donors (Lipinski definition) is 3. The van der Waals surface area contributed by atoms with Crippen LogP contribution in [0.15, 0.2) is 12.3 Å². The molecule has 1 unspecified atom stereocenters. The van der Waals surface area contributed by atoms with Crippen LogP contribution in [0.3, 0.4) is 0 Å². The van der Waals surface area contributed by atoms with Gasteiger partial charge >= 0.3 is 0 Å². The van der Waals surface area contributed by atoms with Gasteiger partial charge in [-0.05, 0) is 26.8 Å². The van der Waals surface area contributed by atoms with Crippen LogP contribution in [-0.4, -0.2) is 28.7 Å². The Kier molecular flexibility index (Phi) is 4.98. The smallest absolute Gasteiger partial charge is 0.221 e. The quantitative estimate of drug-likeness (QED) is 0.674. The molecule has 1 aromatic heterocycles. The Hall–Kier alpha value is -1.36. The third-order valence-electron chi connectivity index (χ3n) is 2.24. The molecule has 1 aromatic rings. The van der Waals surface area contributed by atoms with Crippen LogP contribution < -0.4 is 10.6 Å². The van der Waals surface area contributed by atoms with Gasteiger partial charge in [0.2, 0.25) is 5.91 Å². The Labute approximate surface area is 96.0 Å². The van der Waals surface area contributed by atoms with Crippen LogP contribution in [0.1, 0.15) is 38.9 Å². The van der Waals surface area contributed by atoms with Gasteiger partial charge in [0.25, 0.3) is 0 Å². The molecule has 0 fully saturated rings. The van der Waals surface area contributed by atoms with E-state index in [0.29, 0.717) is 13.0 Å². The lowest BCUT2D eigenvalue weighted by molar-refractivity contribution is -0.121. The molecule has 0 aliphatic carbocycles. The number of nitrogens with zero attached hydrogens (tertiary/aromatic N) is 1. The molecule has 1 atom stereocenters. The second-order valence-corrected chi connectivity index (χ2v) is 4.16. The first-order valence-electron chi connectivity index (χ1n) is 5.61. The molecule has 1 amide bonds. The van der Waals surface area contributed by atoms with Gasteiger partial charge in [-0.1, -0.05) is 0 Å². The molecule has 0 aliphatic heterocycles. The zero-order chi connectivity index (χ0) is 12.0. The summed E-state index contributed by atoms with van der Waals surface area (Å²) in [6.45, 7) is 6.61. The van der Waals surface area contributed by atoms with Crippen LogP contribution in [0.5, 0.6) is 0 Å². The average Bonchev–Trinajstić information content (AvgIpc) is 2.68. The van der Waals surface area contributed by atoms with Crippen LogP contribution in [0.25, 0.3) is 0 Å². The van der Waals surface area contributed by atoms with Gasteiger partial charge in [-0.15, -0.1) is 0 Å². The van der Waals surface area contributed by atoms with Crippen molar-refractivity contribution in [2.24, 2.45) is 0 Å². The fraction of sp³-hybridized carbons (Fsp3) is 0.636. The van der Waals surface area contributed by atoms with Crippen LogP contribution in [0, 0.1) is 0 Å². The number of carbonyl (C=O) groups excluding carboxylic acids is 1. The minimum Gasteiger partial charge on any atom is -0.354 e. The van der Waals surface area contributed by atoms with Crippen molar-refractivity contribution in [1.82, 2.24) is 20.8 Å². The van der Waals surface area contributed by atoms with Crippen LogP contribution in [-0.2, 0) is 4.79 Å². The third kappa shape index (κ3) is 4.44. The minimum atomic E-state index is 0.0827. The number of aromatic amines is 1. The second-order valence-electron chi connectivity index (χ2n) is 4.16. The number of amides is 1. The predicted molar refractivity (Wildman–Crippen MR) is 62.9 cm³/mol. The van der Waals surface area contributed by atoms with Gasteiger partial charge in [0.1, 0.15) is 0 Å². The first-order chi connectivity index (χ1) is 7.59. The highest BCUT2D eigenvalue weighted by Gasteiger charge is 2.07. The minimum absolute atomic E-state index is 0.0827. The van der Waals surface area contributed by atoms with Crippen LogP contribution in [0.2, 0.25) is 0 Å². The SMILES string of the molecule is CC(C)NC(=O)CCNC(C)c1ccn[nH]1. The number of hydrogen-bond acceptors (Lipinski definition) is 3. The molecule has 5 nitrogen and oxygen atoms in total. The number of H-pyrrole nitrogens is 1. The molecule has 0 aromatic carbocycles. The lowest BCUT2D eigenvalue weighted by atomic mass is 10.2. The summed E-state index contributed by atoms with van der Waals surface area (Å²) >= 11 is 0. The molecule has 0 spiro atoms. The van der Waals surface area contributed by atoms with E-state index in [1.807, 2.05) is 26.8 Å². The first kappa shape index (κ1) is 12.7. The highest BCUT2D eigenvalue weighted by Crippen LogP contribution is 2.06. The van der Waals surface area contributed by atoms with E-state index in [1.54, 1.807) is 6.20 Å². The Morgan fingerprint density at radius 3 is 2.81 bits per heavy atom. The maximum Gasteiger partial charge on any atom is 0.221 e. The monoisotopic (exact) mass is 224 g/mol. The van der Waals surface area contributed by atoms with E-state index >= 15 is 0 Å². The van der Waals surface area contributed by atoms with E-state index in [9.17, 15) is 4.79 Å². The van der Waals surface area contributed by atoms with E-state index in [1.165, 1.54) is 0 Å². The summed E-state index contributed by atoms with van der Waals surface area (Å²) in [6, 6.07) is 2.32. The first-order valence-corrected chi connectivity index (χ1v) is 5.61. The maximum atomic E-state index is 11.4. The Morgan fingerprint density at radius 1 is 1.50 bits per heavy atom. The highest BCUT2D eigenvalue weighted by molar-refractivity contribution is 5.76. The Bertz CT molecular complexity index is 308. The molecule has 0 aliphatic rings. The standard InChI is InChI=1S/C11H20N4O/c1-8(2)14-11(16)5-6-12-9(3)10-4-7-13-15-10/h4,7-9,12H,5-6H2,1-3H3,(H,13,15)(H,14,16). The fourth-order valence-corrected chi connectivity index (χ4v) is 1.41. The molecular formula is C11H20N4O. The van der Waals surface area contributed by atoms with Gasteiger partial charge in [0.05, 0.1) is 5.69 Å². The van der Waals surface area contributed by atoms with Gasteiger partial charge in [-0.3, -0.25) is 9.89 Å². The summed E-state index contributed by atoms with van der Waals surface area (Å²) in [5.41, 5.74) is 1.03. The summed E-state index contributed by atoms with van der Waals surface area (Å²) in [5, 5.41) is 12.9. The molecule has 0 saturated heterocycles. The zero-order valence-corrected chi connectivity index (χ0v) is 10.1. The van der Waals surface area contributed by atoms with Crippen molar-refractivity contribution in [1.29, 1.82) is 0 Å². The lowest BCUT2D eigenvalue weighted by Crippen LogP contribution is -2.33. The number of aromatic nitrogens is 2. The molecular weight excluding hydrogens is 204 g/mol. The third-order valence-corrected chi connectivity index (χ3v) is 2.24. The van der Waals surface area contributed by atoms with Crippen molar-refractivity contribution >= 4 is 5.91 Å². The van der Waals surface area contributed by atoms with Crippen molar-refractivity contribution in [2.45, 2.75) is 39.3 Å². The second kappa shape index (κ2) is 6.27. The lowest BCUT2D eigenvalue weighted by Gasteiger charge is -2.12. The molecule has 0 bridgehead atoms. The summed E-state index contributed by atoms with van der Waals surface area (Å²) in [4.78, 5) is 11.4.